The van der Waals surface area contributed by atoms with Gasteiger partial charge in [-0.15, -0.1) is 0 Å². The monoisotopic (exact) mass is 341 g/mol. The fraction of sp³-hybridized carbons (Fsp3) is 0.350. The maximum absolute atomic E-state index is 12.9. The first-order valence-electron chi connectivity index (χ1n) is 8.31. The standard InChI is InChI=1S/C20H23NO4/c1-23-17-6-4-14(5-7-17)15-8-9-21(13-15)20(22)16-10-18(24-2)12-19(11-16)25-3/h4-7,10-12,15H,8-9,13H2,1-3H3/t15-/m0/s1. The van der Waals surface area contributed by atoms with Gasteiger partial charge in [0.2, 0.25) is 0 Å². The van der Waals surface area contributed by atoms with Crippen molar-refractivity contribution in [3.8, 4) is 17.2 Å². The summed E-state index contributed by atoms with van der Waals surface area (Å²) in [7, 11) is 4.82. The van der Waals surface area contributed by atoms with Crippen molar-refractivity contribution >= 4 is 5.91 Å². The smallest absolute Gasteiger partial charge is 0.254 e. The van der Waals surface area contributed by atoms with E-state index in [0.29, 0.717) is 29.5 Å². The van der Waals surface area contributed by atoms with Gasteiger partial charge >= 0.3 is 0 Å². The van der Waals surface area contributed by atoms with E-state index in [-0.39, 0.29) is 5.91 Å². The van der Waals surface area contributed by atoms with Gasteiger partial charge < -0.3 is 19.1 Å². The molecule has 3 rings (SSSR count). The second kappa shape index (κ2) is 7.47. The molecule has 1 aliphatic rings. The number of nitrogens with zero attached hydrogens (tertiary/aromatic N) is 1. The highest BCUT2D eigenvalue weighted by molar-refractivity contribution is 5.95. The predicted molar refractivity (Wildman–Crippen MR) is 95.8 cm³/mol. The molecule has 0 aromatic heterocycles. The second-order valence-electron chi connectivity index (χ2n) is 6.11. The summed E-state index contributed by atoms with van der Waals surface area (Å²) in [6.07, 6.45) is 0.958. The highest BCUT2D eigenvalue weighted by Crippen LogP contribution is 2.30. The highest BCUT2D eigenvalue weighted by Gasteiger charge is 2.28. The lowest BCUT2D eigenvalue weighted by Gasteiger charge is -2.18. The molecule has 0 N–H and O–H groups in total. The number of amides is 1. The minimum Gasteiger partial charge on any atom is -0.497 e. The van der Waals surface area contributed by atoms with E-state index in [1.165, 1.54) is 5.56 Å². The van der Waals surface area contributed by atoms with Crippen LogP contribution in [0.4, 0.5) is 0 Å². The number of hydrogen-bond donors (Lipinski definition) is 0. The molecule has 1 atom stereocenters. The molecular formula is C20H23NO4. The molecule has 0 spiro atoms. The predicted octanol–water partition coefficient (Wildman–Crippen LogP) is 3.34. The summed E-state index contributed by atoms with van der Waals surface area (Å²) < 4.78 is 15.7. The molecule has 0 radical (unpaired) electrons. The molecule has 1 saturated heterocycles. The number of methoxy groups -OCH3 is 3. The highest BCUT2D eigenvalue weighted by atomic mass is 16.5. The molecule has 2 aromatic rings. The zero-order chi connectivity index (χ0) is 17.8. The Morgan fingerprint density at radius 3 is 2.08 bits per heavy atom. The Morgan fingerprint density at radius 2 is 1.52 bits per heavy atom. The zero-order valence-corrected chi connectivity index (χ0v) is 14.8. The molecule has 25 heavy (non-hydrogen) atoms. The third kappa shape index (κ3) is 3.71. The number of hydrogen-bond acceptors (Lipinski definition) is 4. The van der Waals surface area contributed by atoms with Gasteiger partial charge in [-0.1, -0.05) is 12.1 Å². The Kier molecular flexibility index (Phi) is 5.12. The molecule has 5 nitrogen and oxygen atoms in total. The van der Waals surface area contributed by atoms with Crippen LogP contribution in [0.2, 0.25) is 0 Å². The van der Waals surface area contributed by atoms with Crippen molar-refractivity contribution in [1.29, 1.82) is 0 Å². The van der Waals surface area contributed by atoms with Gasteiger partial charge in [0.15, 0.2) is 0 Å². The van der Waals surface area contributed by atoms with E-state index in [1.54, 1.807) is 39.5 Å². The fourth-order valence-corrected chi connectivity index (χ4v) is 3.21. The first-order valence-corrected chi connectivity index (χ1v) is 8.31. The van der Waals surface area contributed by atoms with Crippen LogP contribution >= 0.6 is 0 Å². The third-order valence-corrected chi connectivity index (χ3v) is 4.66. The maximum atomic E-state index is 12.9. The van der Waals surface area contributed by atoms with Gasteiger partial charge in [-0.25, -0.2) is 0 Å². The molecule has 1 fully saturated rings. The Labute approximate surface area is 148 Å². The van der Waals surface area contributed by atoms with Gasteiger partial charge in [0, 0.05) is 30.6 Å². The van der Waals surface area contributed by atoms with Crippen LogP contribution in [0.5, 0.6) is 17.2 Å². The Hall–Kier alpha value is -2.69. The van der Waals surface area contributed by atoms with Crippen molar-refractivity contribution in [2.45, 2.75) is 12.3 Å². The molecule has 0 aliphatic carbocycles. The van der Waals surface area contributed by atoms with Crippen molar-refractivity contribution in [3.05, 3.63) is 53.6 Å². The first-order chi connectivity index (χ1) is 12.1. The summed E-state index contributed by atoms with van der Waals surface area (Å²) >= 11 is 0. The van der Waals surface area contributed by atoms with Gasteiger partial charge in [-0.3, -0.25) is 4.79 Å². The van der Waals surface area contributed by atoms with Gasteiger partial charge in [0.05, 0.1) is 21.3 Å². The summed E-state index contributed by atoms with van der Waals surface area (Å²) in [5, 5.41) is 0. The van der Waals surface area contributed by atoms with Crippen LogP contribution in [0.25, 0.3) is 0 Å². The minimum absolute atomic E-state index is 0.00760. The number of rotatable bonds is 5. The summed E-state index contributed by atoms with van der Waals surface area (Å²) in [4.78, 5) is 14.7. The molecule has 1 heterocycles. The number of benzene rings is 2. The average Bonchev–Trinajstić information content (AvgIpc) is 3.17. The molecule has 0 unspecified atom stereocenters. The van der Waals surface area contributed by atoms with Crippen LogP contribution in [0.1, 0.15) is 28.3 Å². The third-order valence-electron chi connectivity index (χ3n) is 4.66. The number of carbonyl (C=O) groups is 1. The van der Waals surface area contributed by atoms with Crippen LogP contribution in [0, 0.1) is 0 Å². The second-order valence-corrected chi connectivity index (χ2v) is 6.11. The number of likely N-dealkylation sites (tertiary alicyclic amines) is 1. The van der Waals surface area contributed by atoms with E-state index < -0.39 is 0 Å². The maximum Gasteiger partial charge on any atom is 0.254 e. The van der Waals surface area contributed by atoms with E-state index in [2.05, 4.69) is 12.1 Å². The molecular weight excluding hydrogens is 318 g/mol. The lowest BCUT2D eigenvalue weighted by molar-refractivity contribution is 0.0790. The van der Waals surface area contributed by atoms with Crippen LogP contribution in [-0.2, 0) is 0 Å². The van der Waals surface area contributed by atoms with Gasteiger partial charge in [-0.2, -0.15) is 0 Å². The van der Waals surface area contributed by atoms with Crippen molar-refractivity contribution in [1.82, 2.24) is 4.90 Å². The molecule has 0 saturated carbocycles. The molecule has 1 aliphatic heterocycles. The molecule has 132 valence electrons. The Balaban J connectivity index is 1.73. The van der Waals surface area contributed by atoms with Crippen LogP contribution < -0.4 is 14.2 Å². The van der Waals surface area contributed by atoms with E-state index >= 15 is 0 Å². The number of carbonyl (C=O) groups excluding carboxylic acids is 1. The topological polar surface area (TPSA) is 48.0 Å². The molecule has 2 aromatic carbocycles. The lowest BCUT2D eigenvalue weighted by atomic mass is 9.98. The summed E-state index contributed by atoms with van der Waals surface area (Å²) in [6, 6.07) is 13.4. The summed E-state index contributed by atoms with van der Waals surface area (Å²) in [6.45, 7) is 1.46. The van der Waals surface area contributed by atoms with E-state index in [4.69, 9.17) is 14.2 Å². The largest absolute Gasteiger partial charge is 0.497 e. The SMILES string of the molecule is COc1ccc([C@H]2CCN(C(=O)c3cc(OC)cc(OC)c3)C2)cc1. The van der Waals surface area contributed by atoms with Crippen molar-refractivity contribution in [2.24, 2.45) is 0 Å². The van der Waals surface area contributed by atoms with Crippen LogP contribution in [-0.4, -0.2) is 45.2 Å². The van der Waals surface area contributed by atoms with Crippen LogP contribution in [0.3, 0.4) is 0 Å². The normalized spacial score (nSPS) is 16.6. The Morgan fingerprint density at radius 1 is 0.920 bits per heavy atom. The fourth-order valence-electron chi connectivity index (χ4n) is 3.21. The molecule has 1 amide bonds. The van der Waals surface area contributed by atoms with Gasteiger partial charge in [0.1, 0.15) is 17.2 Å². The van der Waals surface area contributed by atoms with Crippen molar-refractivity contribution in [2.75, 3.05) is 34.4 Å². The summed E-state index contributed by atoms with van der Waals surface area (Å²) in [5.41, 5.74) is 1.82. The van der Waals surface area contributed by atoms with E-state index in [9.17, 15) is 4.79 Å². The van der Waals surface area contributed by atoms with Gasteiger partial charge in [0.25, 0.3) is 5.91 Å². The van der Waals surface area contributed by atoms with E-state index in [1.807, 2.05) is 17.0 Å². The minimum atomic E-state index is 0.00760. The molecule has 0 bridgehead atoms. The average molecular weight is 341 g/mol. The quantitative estimate of drug-likeness (QED) is 0.837. The summed E-state index contributed by atoms with van der Waals surface area (Å²) in [5.74, 6) is 2.44. The van der Waals surface area contributed by atoms with Gasteiger partial charge in [-0.05, 0) is 36.2 Å². The van der Waals surface area contributed by atoms with E-state index in [0.717, 1.165) is 18.7 Å². The van der Waals surface area contributed by atoms with Crippen molar-refractivity contribution < 1.29 is 19.0 Å². The van der Waals surface area contributed by atoms with Crippen molar-refractivity contribution in [3.63, 3.8) is 0 Å². The molecule has 5 heteroatoms. The lowest BCUT2D eigenvalue weighted by Crippen LogP contribution is -2.28. The van der Waals surface area contributed by atoms with Crippen LogP contribution in [0.15, 0.2) is 42.5 Å². The number of ether oxygens (including phenoxy) is 3. The zero-order valence-electron chi connectivity index (χ0n) is 14.8. The Bertz CT molecular complexity index is 720. The first kappa shape index (κ1) is 17.1.